The van der Waals surface area contributed by atoms with Crippen molar-refractivity contribution in [2.24, 2.45) is 0 Å². The molecule has 0 atom stereocenters. The van der Waals surface area contributed by atoms with E-state index in [9.17, 15) is 18.8 Å². The summed E-state index contributed by atoms with van der Waals surface area (Å²) in [5.74, 6) is -2.00. The zero-order valence-corrected chi connectivity index (χ0v) is 17.1. The van der Waals surface area contributed by atoms with Gasteiger partial charge in [-0.05, 0) is 35.1 Å². The van der Waals surface area contributed by atoms with Crippen LogP contribution in [0.2, 0.25) is 0 Å². The molecule has 0 saturated heterocycles. The monoisotopic (exact) mass is 399 g/mol. The van der Waals surface area contributed by atoms with Crippen LogP contribution in [0.3, 0.4) is 0 Å². The molecule has 29 heavy (non-hydrogen) atoms. The first kappa shape index (κ1) is 22.3. The number of hydrogen-bond acceptors (Lipinski definition) is 4. The van der Waals surface area contributed by atoms with Gasteiger partial charge in [0.15, 0.2) is 6.61 Å². The van der Waals surface area contributed by atoms with Gasteiger partial charge < -0.3 is 10.1 Å². The maximum Gasteiger partial charge on any atom is 0.325 e. The van der Waals surface area contributed by atoms with Crippen molar-refractivity contribution in [3.63, 3.8) is 0 Å². The fraction of sp³-hybridized carbons (Fsp3) is 0.348. The molecule has 0 aromatic heterocycles. The molecule has 6 heteroatoms. The minimum absolute atomic E-state index is 0.142. The van der Waals surface area contributed by atoms with Gasteiger partial charge in [0.25, 0.3) is 5.91 Å². The number of Topliss-reactive ketones (excluding diaryl/α,β-unsaturated/α-hetero) is 1. The van der Waals surface area contributed by atoms with E-state index in [0.29, 0.717) is 11.5 Å². The first-order chi connectivity index (χ1) is 13.7. The normalized spacial score (nSPS) is 10.9. The Morgan fingerprint density at radius 1 is 0.966 bits per heavy atom. The van der Waals surface area contributed by atoms with E-state index in [0.717, 1.165) is 17.2 Å². The van der Waals surface area contributed by atoms with Gasteiger partial charge in [0, 0.05) is 5.56 Å². The van der Waals surface area contributed by atoms with Gasteiger partial charge in [0.05, 0.1) is 5.56 Å². The molecule has 0 heterocycles. The van der Waals surface area contributed by atoms with Crippen molar-refractivity contribution in [3.8, 4) is 0 Å². The predicted octanol–water partition coefficient (Wildman–Crippen LogP) is 4.23. The Balaban J connectivity index is 1.94. The Bertz CT molecular complexity index is 906. The van der Waals surface area contributed by atoms with Gasteiger partial charge in [0.2, 0.25) is 5.78 Å². The lowest BCUT2D eigenvalue weighted by Crippen LogP contribution is -2.32. The molecular formula is C23H26FNO4. The number of ketones is 1. The highest BCUT2D eigenvalue weighted by molar-refractivity contribution is 6.00. The summed E-state index contributed by atoms with van der Waals surface area (Å²) in [5.41, 5.74) is 2.40. The van der Waals surface area contributed by atoms with Crippen LogP contribution in [-0.4, -0.2) is 30.8 Å². The van der Waals surface area contributed by atoms with E-state index in [1.165, 1.54) is 18.2 Å². The molecule has 1 N–H and O–H groups in total. The maximum atomic E-state index is 13.6. The van der Waals surface area contributed by atoms with E-state index in [-0.39, 0.29) is 17.3 Å². The summed E-state index contributed by atoms with van der Waals surface area (Å²) in [6.07, 6.45) is 0. The van der Waals surface area contributed by atoms with Crippen LogP contribution in [0.1, 0.15) is 71.4 Å². The number of ether oxygens (including phenoxy) is 1. The lowest BCUT2D eigenvalue weighted by atomic mass is 9.90. The van der Waals surface area contributed by atoms with Gasteiger partial charge in [-0.15, -0.1) is 0 Å². The van der Waals surface area contributed by atoms with E-state index in [1.807, 2.05) is 26.0 Å². The van der Waals surface area contributed by atoms with E-state index < -0.39 is 30.8 Å². The summed E-state index contributed by atoms with van der Waals surface area (Å²) < 4.78 is 18.6. The number of benzene rings is 2. The van der Waals surface area contributed by atoms with Gasteiger partial charge in [0.1, 0.15) is 12.4 Å². The van der Waals surface area contributed by atoms with E-state index in [4.69, 9.17) is 4.74 Å². The minimum Gasteiger partial charge on any atom is -0.456 e. The molecule has 2 rings (SSSR count). The number of carbonyl (C=O) groups is 3. The number of amides is 1. The highest BCUT2D eigenvalue weighted by atomic mass is 19.1. The Hall–Kier alpha value is -3.02. The molecule has 1 amide bonds. The second-order valence-electron chi connectivity index (χ2n) is 7.40. The fourth-order valence-corrected chi connectivity index (χ4v) is 2.84. The van der Waals surface area contributed by atoms with Crippen LogP contribution in [0, 0.1) is 5.82 Å². The van der Waals surface area contributed by atoms with Gasteiger partial charge in [-0.2, -0.15) is 0 Å². The van der Waals surface area contributed by atoms with Crippen molar-refractivity contribution in [2.45, 2.75) is 39.5 Å². The van der Waals surface area contributed by atoms with Crippen molar-refractivity contribution in [2.75, 3.05) is 13.2 Å². The Morgan fingerprint density at radius 2 is 1.66 bits per heavy atom. The molecule has 0 aliphatic heterocycles. The van der Waals surface area contributed by atoms with E-state index in [2.05, 4.69) is 19.2 Å². The molecular weight excluding hydrogens is 373 g/mol. The first-order valence-corrected chi connectivity index (χ1v) is 9.56. The lowest BCUT2D eigenvalue weighted by Gasteiger charge is -2.16. The number of halogens is 1. The van der Waals surface area contributed by atoms with Crippen LogP contribution in [-0.2, 0) is 9.53 Å². The van der Waals surface area contributed by atoms with Gasteiger partial charge in [-0.25, -0.2) is 4.39 Å². The molecule has 0 aliphatic rings. The van der Waals surface area contributed by atoms with Crippen LogP contribution in [0.4, 0.5) is 4.39 Å². The SMILES string of the molecule is CC(C)c1ccc(C(=O)COC(=O)CNC(=O)c2ccccc2F)c(C(C)C)c1. The second-order valence-corrected chi connectivity index (χ2v) is 7.40. The molecule has 0 spiro atoms. The standard InChI is InChI=1S/C23H26FNO4/c1-14(2)16-9-10-17(19(11-16)15(3)4)21(26)13-29-22(27)12-25-23(28)18-7-5-6-8-20(18)24/h5-11,14-15H,12-13H2,1-4H3,(H,25,28). The molecule has 0 bridgehead atoms. The van der Waals surface area contributed by atoms with Gasteiger partial charge in [-0.3, -0.25) is 14.4 Å². The molecule has 2 aromatic rings. The molecule has 0 radical (unpaired) electrons. The Labute approximate surface area is 170 Å². The third-order valence-corrected chi connectivity index (χ3v) is 4.54. The van der Waals surface area contributed by atoms with Crippen molar-refractivity contribution in [1.82, 2.24) is 5.32 Å². The van der Waals surface area contributed by atoms with Crippen LogP contribution in [0.25, 0.3) is 0 Å². The van der Waals surface area contributed by atoms with Crippen molar-refractivity contribution in [1.29, 1.82) is 0 Å². The van der Waals surface area contributed by atoms with Crippen molar-refractivity contribution in [3.05, 3.63) is 70.5 Å². The summed E-state index contributed by atoms with van der Waals surface area (Å²) in [6.45, 7) is 7.29. The summed E-state index contributed by atoms with van der Waals surface area (Å²) in [7, 11) is 0. The minimum atomic E-state index is -0.770. The van der Waals surface area contributed by atoms with Gasteiger partial charge in [-0.1, -0.05) is 58.0 Å². The van der Waals surface area contributed by atoms with Crippen LogP contribution in [0.15, 0.2) is 42.5 Å². The second kappa shape index (κ2) is 9.96. The van der Waals surface area contributed by atoms with Gasteiger partial charge >= 0.3 is 5.97 Å². The van der Waals surface area contributed by atoms with E-state index in [1.54, 1.807) is 6.07 Å². The number of nitrogens with one attached hydrogen (secondary N) is 1. The molecule has 0 fully saturated rings. The zero-order valence-electron chi connectivity index (χ0n) is 17.1. The summed E-state index contributed by atoms with van der Waals surface area (Å²) in [4.78, 5) is 36.3. The van der Waals surface area contributed by atoms with E-state index >= 15 is 0 Å². The highest BCUT2D eigenvalue weighted by Gasteiger charge is 2.18. The number of hydrogen-bond donors (Lipinski definition) is 1. The summed E-state index contributed by atoms with van der Waals surface area (Å²) in [5, 5.41) is 2.29. The largest absolute Gasteiger partial charge is 0.456 e. The number of esters is 1. The van der Waals surface area contributed by atoms with Crippen molar-refractivity contribution < 1.29 is 23.5 Å². The lowest BCUT2D eigenvalue weighted by molar-refractivity contribution is -0.141. The highest BCUT2D eigenvalue weighted by Crippen LogP contribution is 2.25. The average Bonchev–Trinajstić information content (AvgIpc) is 2.69. The molecule has 5 nitrogen and oxygen atoms in total. The molecule has 0 unspecified atom stereocenters. The average molecular weight is 399 g/mol. The summed E-state index contributed by atoms with van der Waals surface area (Å²) >= 11 is 0. The quantitative estimate of drug-likeness (QED) is 0.533. The van der Waals surface area contributed by atoms with Crippen LogP contribution < -0.4 is 5.32 Å². The number of carbonyl (C=O) groups excluding carboxylic acids is 3. The molecule has 0 aliphatic carbocycles. The summed E-state index contributed by atoms with van der Waals surface area (Å²) in [6, 6.07) is 11.1. The Kier molecular flexibility index (Phi) is 7.65. The molecule has 0 saturated carbocycles. The number of rotatable bonds is 8. The predicted molar refractivity (Wildman–Crippen MR) is 109 cm³/mol. The molecule has 154 valence electrons. The zero-order chi connectivity index (χ0) is 21.6. The molecule has 2 aromatic carbocycles. The van der Waals surface area contributed by atoms with Crippen molar-refractivity contribution >= 4 is 17.7 Å². The van der Waals surface area contributed by atoms with Crippen LogP contribution >= 0.6 is 0 Å². The third kappa shape index (κ3) is 5.98. The third-order valence-electron chi connectivity index (χ3n) is 4.54. The Morgan fingerprint density at radius 3 is 2.28 bits per heavy atom. The smallest absolute Gasteiger partial charge is 0.325 e. The fourth-order valence-electron chi connectivity index (χ4n) is 2.84. The topological polar surface area (TPSA) is 72.5 Å². The van der Waals surface area contributed by atoms with Crippen LogP contribution in [0.5, 0.6) is 0 Å². The first-order valence-electron chi connectivity index (χ1n) is 9.56. The maximum absolute atomic E-state index is 13.6.